The molecule has 0 atom stereocenters. The lowest BCUT2D eigenvalue weighted by atomic mass is 10.1. The van der Waals surface area contributed by atoms with Gasteiger partial charge in [-0.15, -0.1) is 0 Å². The van der Waals surface area contributed by atoms with E-state index in [4.69, 9.17) is 0 Å². The Morgan fingerprint density at radius 1 is 1.21 bits per heavy atom. The van der Waals surface area contributed by atoms with Crippen LogP contribution < -0.4 is 4.90 Å². The quantitative estimate of drug-likeness (QED) is 0.817. The predicted octanol–water partition coefficient (Wildman–Crippen LogP) is 4.71. The van der Waals surface area contributed by atoms with E-state index >= 15 is 0 Å². The largest absolute Gasteiger partial charge is 0.359 e. The van der Waals surface area contributed by atoms with Crippen molar-refractivity contribution in [3.05, 3.63) is 52.8 Å². The first-order valence-electron chi connectivity index (χ1n) is 8.92. The summed E-state index contributed by atoms with van der Waals surface area (Å²) in [7, 11) is 0. The van der Waals surface area contributed by atoms with Crippen LogP contribution in [-0.2, 0) is 4.79 Å². The van der Waals surface area contributed by atoms with Crippen LogP contribution >= 0.6 is 0 Å². The molecule has 1 N–H and O–H groups in total. The number of amides is 1. The molecule has 124 valence electrons. The minimum Gasteiger partial charge on any atom is -0.359 e. The Bertz CT molecular complexity index is 809. The first-order chi connectivity index (χ1) is 11.6. The van der Waals surface area contributed by atoms with E-state index in [-0.39, 0.29) is 5.91 Å². The number of fused-ring (bicyclic) bond motifs is 1. The SMILES string of the molecule is Cc1cc(C)c(C=C2C(=O)N(CC3CCCC3)c3ccccc32)[nH]1. The van der Waals surface area contributed by atoms with Crippen LogP contribution in [0.4, 0.5) is 5.69 Å². The van der Waals surface area contributed by atoms with Gasteiger partial charge in [-0.1, -0.05) is 31.0 Å². The minimum absolute atomic E-state index is 0.148. The third kappa shape index (κ3) is 2.58. The van der Waals surface area contributed by atoms with Gasteiger partial charge >= 0.3 is 0 Å². The molecule has 24 heavy (non-hydrogen) atoms. The highest BCUT2D eigenvalue weighted by atomic mass is 16.2. The van der Waals surface area contributed by atoms with E-state index < -0.39 is 0 Å². The molecule has 1 aliphatic heterocycles. The predicted molar refractivity (Wildman–Crippen MR) is 98.9 cm³/mol. The van der Waals surface area contributed by atoms with E-state index in [1.54, 1.807) is 0 Å². The van der Waals surface area contributed by atoms with Crippen LogP contribution in [0.15, 0.2) is 30.3 Å². The summed E-state index contributed by atoms with van der Waals surface area (Å²) in [6, 6.07) is 10.3. The molecule has 1 fully saturated rings. The van der Waals surface area contributed by atoms with E-state index in [0.29, 0.717) is 5.92 Å². The molecule has 2 aromatic rings. The lowest BCUT2D eigenvalue weighted by Gasteiger charge is -2.21. The zero-order valence-corrected chi connectivity index (χ0v) is 14.4. The Hall–Kier alpha value is -2.29. The lowest BCUT2D eigenvalue weighted by Crippen LogP contribution is -2.31. The van der Waals surface area contributed by atoms with Gasteiger partial charge in [-0.3, -0.25) is 4.79 Å². The molecule has 0 radical (unpaired) electrons. The molecular formula is C21H24N2O. The van der Waals surface area contributed by atoms with Gasteiger partial charge in [0.05, 0.1) is 11.3 Å². The fraction of sp³-hybridized carbons (Fsp3) is 0.381. The number of benzene rings is 1. The minimum atomic E-state index is 0.148. The second-order valence-electron chi connectivity index (χ2n) is 7.19. The van der Waals surface area contributed by atoms with Crippen LogP contribution in [0.5, 0.6) is 0 Å². The van der Waals surface area contributed by atoms with E-state index in [9.17, 15) is 4.79 Å². The highest BCUT2D eigenvalue weighted by molar-refractivity contribution is 6.35. The second kappa shape index (κ2) is 5.97. The van der Waals surface area contributed by atoms with E-state index in [0.717, 1.165) is 34.8 Å². The van der Waals surface area contributed by atoms with Gasteiger partial charge in [0.1, 0.15) is 0 Å². The average molecular weight is 320 g/mol. The number of hydrogen-bond acceptors (Lipinski definition) is 1. The fourth-order valence-corrected chi connectivity index (χ4v) is 4.12. The summed E-state index contributed by atoms with van der Waals surface area (Å²) < 4.78 is 0. The topological polar surface area (TPSA) is 36.1 Å². The molecule has 0 saturated heterocycles. The van der Waals surface area contributed by atoms with Crippen LogP contribution in [0.2, 0.25) is 0 Å². The number of nitrogens with zero attached hydrogens (tertiary/aromatic N) is 1. The van der Waals surface area contributed by atoms with Crippen LogP contribution in [0.25, 0.3) is 11.6 Å². The summed E-state index contributed by atoms with van der Waals surface area (Å²) in [5, 5.41) is 0. The Balaban J connectivity index is 1.73. The number of anilines is 1. The second-order valence-corrected chi connectivity index (χ2v) is 7.19. The van der Waals surface area contributed by atoms with Gasteiger partial charge in [0, 0.05) is 23.5 Å². The molecule has 1 aromatic carbocycles. The smallest absolute Gasteiger partial charge is 0.259 e. The number of para-hydroxylation sites is 1. The van der Waals surface area contributed by atoms with Crippen molar-refractivity contribution in [3.8, 4) is 0 Å². The van der Waals surface area contributed by atoms with Gasteiger partial charge in [-0.05, 0) is 56.4 Å². The third-order valence-corrected chi connectivity index (χ3v) is 5.35. The summed E-state index contributed by atoms with van der Waals surface area (Å²) in [5.41, 5.74) is 6.29. The molecule has 1 amide bonds. The van der Waals surface area contributed by atoms with Crippen LogP contribution in [-0.4, -0.2) is 17.4 Å². The van der Waals surface area contributed by atoms with Crippen LogP contribution in [0, 0.1) is 19.8 Å². The molecule has 4 rings (SSSR count). The molecule has 2 heterocycles. The summed E-state index contributed by atoms with van der Waals surface area (Å²) >= 11 is 0. The Morgan fingerprint density at radius 3 is 2.67 bits per heavy atom. The fourth-order valence-electron chi connectivity index (χ4n) is 4.12. The highest BCUT2D eigenvalue weighted by Crippen LogP contribution is 2.39. The van der Waals surface area contributed by atoms with Gasteiger partial charge < -0.3 is 9.88 Å². The molecule has 2 aliphatic rings. The number of aryl methyl sites for hydroxylation is 2. The summed E-state index contributed by atoms with van der Waals surface area (Å²) in [5.74, 6) is 0.797. The van der Waals surface area contributed by atoms with Crippen molar-refractivity contribution >= 4 is 23.2 Å². The van der Waals surface area contributed by atoms with E-state index in [1.807, 2.05) is 30.0 Å². The monoisotopic (exact) mass is 320 g/mol. The number of aromatic amines is 1. The zero-order chi connectivity index (χ0) is 16.7. The molecule has 3 nitrogen and oxygen atoms in total. The molecule has 3 heteroatoms. The number of carbonyl (C=O) groups is 1. The van der Waals surface area contributed by atoms with Crippen molar-refractivity contribution < 1.29 is 4.79 Å². The number of H-pyrrole nitrogens is 1. The van der Waals surface area contributed by atoms with Crippen molar-refractivity contribution in [2.45, 2.75) is 39.5 Å². The summed E-state index contributed by atoms with van der Waals surface area (Å²) in [4.78, 5) is 18.5. The van der Waals surface area contributed by atoms with Gasteiger partial charge in [0.2, 0.25) is 0 Å². The first kappa shape index (κ1) is 15.3. The maximum atomic E-state index is 13.1. The molecular weight excluding hydrogens is 296 g/mol. The van der Waals surface area contributed by atoms with Crippen molar-refractivity contribution in [3.63, 3.8) is 0 Å². The van der Waals surface area contributed by atoms with E-state index in [2.05, 4.69) is 30.1 Å². The normalized spacial score (nSPS) is 19.5. The molecule has 0 unspecified atom stereocenters. The zero-order valence-electron chi connectivity index (χ0n) is 14.4. The average Bonchev–Trinajstić information content (AvgIpc) is 3.24. The van der Waals surface area contributed by atoms with Gasteiger partial charge in [-0.25, -0.2) is 0 Å². The molecule has 1 aliphatic carbocycles. The number of carbonyl (C=O) groups excluding carboxylic acids is 1. The van der Waals surface area contributed by atoms with Crippen LogP contribution in [0.3, 0.4) is 0 Å². The maximum absolute atomic E-state index is 13.1. The lowest BCUT2D eigenvalue weighted by molar-refractivity contribution is -0.113. The Morgan fingerprint density at radius 2 is 1.96 bits per heavy atom. The number of aromatic nitrogens is 1. The van der Waals surface area contributed by atoms with Crippen molar-refractivity contribution in [1.29, 1.82) is 0 Å². The van der Waals surface area contributed by atoms with Crippen LogP contribution in [0.1, 0.15) is 48.2 Å². The summed E-state index contributed by atoms with van der Waals surface area (Å²) in [6.45, 7) is 4.99. The molecule has 0 bridgehead atoms. The molecule has 1 saturated carbocycles. The van der Waals surface area contributed by atoms with Crippen molar-refractivity contribution in [2.75, 3.05) is 11.4 Å². The van der Waals surface area contributed by atoms with Crippen molar-refractivity contribution in [1.82, 2.24) is 4.98 Å². The number of rotatable bonds is 3. The highest BCUT2D eigenvalue weighted by Gasteiger charge is 2.34. The van der Waals surface area contributed by atoms with Gasteiger partial charge in [0.25, 0.3) is 5.91 Å². The molecule has 0 spiro atoms. The Kier molecular flexibility index (Phi) is 3.79. The first-order valence-corrected chi connectivity index (χ1v) is 8.92. The maximum Gasteiger partial charge on any atom is 0.259 e. The Labute approximate surface area is 143 Å². The van der Waals surface area contributed by atoms with Crippen molar-refractivity contribution in [2.24, 2.45) is 5.92 Å². The van der Waals surface area contributed by atoms with E-state index in [1.165, 1.54) is 31.2 Å². The standard InChI is InChI=1S/C21H24N2O/c1-14-11-15(2)22-19(14)12-18-17-9-5-6-10-20(17)23(21(18)24)13-16-7-3-4-8-16/h5-6,9-12,16,22H,3-4,7-8,13H2,1-2H3. The van der Waals surface area contributed by atoms with Gasteiger partial charge in [0.15, 0.2) is 0 Å². The third-order valence-electron chi connectivity index (χ3n) is 5.35. The number of hydrogen-bond donors (Lipinski definition) is 1. The summed E-state index contributed by atoms with van der Waals surface area (Å²) in [6.07, 6.45) is 7.13. The molecule has 1 aromatic heterocycles. The van der Waals surface area contributed by atoms with Gasteiger partial charge in [-0.2, -0.15) is 0 Å². The number of nitrogens with one attached hydrogen (secondary N) is 1.